The number of hydrogen-bond acceptors (Lipinski definition) is 5. The van der Waals surface area contributed by atoms with Gasteiger partial charge in [0, 0.05) is 23.1 Å². The Kier molecular flexibility index (Phi) is 3.43. The molecule has 0 N–H and O–H groups in total. The SMILES string of the molecule is COc1ccc(N2C(=O)c3cccc4cc([N+](=O)[O-])cc(c34)C2=O)cc1. The first-order chi connectivity index (χ1) is 12.5. The number of hydrogen-bond donors (Lipinski definition) is 0. The molecule has 7 heteroatoms. The number of nitrogens with zero attached hydrogens (tertiary/aromatic N) is 2. The molecule has 7 nitrogen and oxygen atoms in total. The number of rotatable bonds is 3. The molecular weight excluding hydrogens is 336 g/mol. The molecule has 26 heavy (non-hydrogen) atoms. The lowest BCUT2D eigenvalue weighted by atomic mass is 9.93. The maximum absolute atomic E-state index is 13.0. The predicted molar refractivity (Wildman–Crippen MR) is 94.7 cm³/mol. The number of carbonyl (C=O) groups is 2. The van der Waals surface area contributed by atoms with Gasteiger partial charge in [0.05, 0.1) is 23.3 Å². The van der Waals surface area contributed by atoms with Gasteiger partial charge in [-0.3, -0.25) is 19.7 Å². The predicted octanol–water partition coefficient (Wildman–Crippen LogP) is 3.56. The van der Waals surface area contributed by atoms with Gasteiger partial charge in [-0.05, 0) is 35.7 Å². The van der Waals surface area contributed by atoms with Gasteiger partial charge in [0.15, 0.2) is 0 Å². The molecule has 0 saturated heterocycles. The summed E-state index contributed by atoms with van der Waals surface area (Å²) in [5.41, 5.74) is 0.653. The monoisotopic (exact) mass is 348 g/mol. The third-order valence-electron chi connectivity index (χ3n) is 4.37. The zero-order valence-corrected chi connectivity index (χ0v) is 13.6. The topological polar surface area (TPSA) is 89.8 Å². The van der Waals surface area contributed by atoms with Crippen molar-refractivity contribution in [1.29, 1.82) is 0 Å². The minimum Gasteiger partial charge on any atom is -0.497 e. The summed E-state index contributed by atoms with van der Waals surface area (Å²) >= 11 is 0. The van der Waals surface area contributed by atoms with E-state index in [-0.39, 0.29) is 11.3 Å². The maximum Gasteiger partial charge on any atom is 0.270 e. The van der Waals surface area contributed by atoms with Crippen LogP contribution in [-0.2, 0) is 0 Å². The van der Waals surface area contributed by atoms with Crippen LogP contribution in [0.1, 0.15) is 20.7 Å². The summed E-state index contributed by atoms with van der Waals surface area (Å²) < 4.78 is 5.09. The molecule has 0 atom stereocenters. The van der Waals surface area contributed by atoms with Gasteiger partial charge in [0.1, 0.15) is 5.75 Å². The number of amides is 2. The Morgan fingerprint density at radius 1 is 0.962 bits per heavy atom. The normalized spacial score (nSPS) is 13.2. The van der Waals surface area contributed by atoms with E-state index in [1.54, 1.807) is 42.5 Å². The molecule has 0 saturated carbocycles. The van der Waals surface area contributed by atoms with Crippen molar-refractivity contribution in [3.8, 4) is 5.75 Å². The summed E-state index contributed by atoms with van der Waals surface area (Å²) in [5.74, 6) is -0.469. The molecule has 0 radical (unpaired) electrons. The maximum atomic E-state index is 13.0. The van der Waals surface area contributed by atoms with Crippen LogP contribution in [-0.4, -0.2) is 23.8 Å². The van der Waals surface area contributed by atoms with E-state index in [9.17, 15) is 19.7 Å². The lowest BCUT2D eigenvalue weighted by molar-refractivity contribution is -0.384. The average molecular weight is 348 g/mol. The van der Waals surface area contributed by atoms with Gasteiger partial charge in [-0.2, -0.15) is 0 Å². The third-order valence-corrected chi connectivity index (χ3v) is 4.37. The standard InChI is InChI=1S/C19H12N2O5/c1-26-14-7-5-12(6-8-14)20-18(22)15-4-2-3-11-9-13(21(24)25)10-16(17(11)15)19(20)23/h2-10H,1H3. The van der Waals surface area contributed by atoms with E-state index in [4.69, 9.17) is 4.74 Å². The van der Waals surface area contributed by atoms with Crippen LogP contribution < -0.4 is 9.64 Å². The number of imide groups is 1. The fourth-order valence-corrected chi connectivity index (χ4v) is 3.16. The van der Waals surface area contributed by atoms with Gasteiger partial charge >= 0.3 is 0 Å². The molecule has 0 unspecified atom stereocenters. The second-order valence-corrected chi connectivity index (χ2v) is 5.80. The third kappa shape index (κ3) is 2.21. The van der Waals surface area contributed by atoms with Gasteiger partial charge in [-0.15, -0.1) is 0 Å². The Hall–Kier alpha value is -3.74. The molecule has 0 spiro atoms. The van der Waals surface area contributed by atoms with Crippen molar-refractivity contribution < 1.29 is 19.2 Å². The number of carbonyl (C=O) groups excluding carboxylic acids is 2. The number of ether oxygens (including phenoxy) is 1. The largest absolute Gasteiger partial charge is 0.497 e. The first-order valence-corrected chi connectivity index (χ1v) is 7.75. The summed E-state index contributed by atoms with van der Waals surface area (Å²) in [5, 5.41) is 12.1. The Balaban J connectivity index is 1.95. The molecule has 3 aromatic carbocycles. The van der Waals surface area contributed by atoms with Crippen LogP contribution in [0.25, 0.3) is 10.8 Å². The number of methoxy groups -OCH3 is 1. The summed E-state index contributed by atoms with van der Waals surface area (Å²) in [6, 6.07) is 14.0. The minimum atomic E-state index is -0.590. The first kappa shape index (κ1) is 15.8. The van der Waals surface area contributed by atoms with Crippen LogP contribution in [0.4, 0.5) is 11.4 Å². The van der Waals surface area contributed by atoms with Crippen molar-refractivity contribution in [3.63, 3.8) is 0 Å². The van der Waals surface area contributed by atoms with E-state index in [0.717, 1.165) is 4.90 Å². The average Bonchev–Trinajstić information content (AvgIpc) is 2.66. The first-order valence-electron chi connectivity index (χ1n) is 7.75. The van der Waals surface area contributed by atoms with Gasteiger partial charge in [0.2, 0.25) is 0 Å². The van der Waals surface area contributed by atoms with E-state index >= 15 is 0 Å². The second kappa shape index (κ2) is 5.66. The van der Waals surface area contributed by atoms with E-state index < -0.39 is 16.7 Å². The highest BCUT2D eigenvalue weighted by atomic mass is 16.6. The zero-order valence-electron chi connectivity index (χ0n) is 13.6. The van der Waals surface area contributed by atoms with E-state index in [0.29, 0.717) is 27.8 Å². The molecular formula is C19H12N2O5. The smallest absolute Gasteiger partial charge is 0.270 e. The molecule has 1 heterocycles. The van der Waals surface area contributed by atoms with Crippen molar-refractivity contribution in [2.75, 3.05) is 12.0 Å². The summed E-state index contributed by atoms with van der Waals surface area (Å²) in [6.45, 7) is 0. The second-order valence-electron chi connectivity index (χ2n) is 5.80. The molecule has 0 aromatic heterocycles. The fourth-order valence-electron chi connectivity index (χ4n) is 3.16. The summed E-state index contributed by atoms with van der Waals surface area (Å²) in [7, 11) is 1.52. The number of non-ortho nitro benzene ring substituents is 1. The van der Waals surface area contributed by atoms with E-state index in [2.05, 4.69) is 0 Å². The molecule has 0 fully saturated rings. The minimum absolute atomic E-state index is 0.139. The van der Waals surface area contributed by atoms with Gasteiger partial charge in [0.25, 0.3) is 17.5 Å². The molecule has 3 aromatic rings. The van der Waals surface area contributed by atoms with Crippen LogP contribution in [0.5, 0.6) is 5.75 Å². The van der Waals surface area contributed by atoms with Gasteiger partial charge < -0.3 is 4.74 Å². The van der Waals surface area contributed by atoms with Gasteiger partial charge in [-0.25, -0.2) is 4.90 Å². The van der Waals surface area contributed by atoms with Crippen molar-refractivity contribution in [3.05, 3.63) is 75.8 Å². The van der Waals surface area contributed by atoms with Crippen molar-refractivity contribution >= 4 is 34.0 Å². The van der Waals surface area contributed by atoms with Crippen LogP contribution in [0.15, 0.2) is 54.6 Å². The van der Waals surface area contributed by atoms with Crippen molar-refractivity contribution in [1.82, 2.24) is 0 Å². The number of nitro groups is 1. The molecule has 1 aliphatic heterocycles. The molecule has 4 rings (SSSR count). The summed E-state index contributed by atoms with van der Waals surface area (Å²) in [6.07, 6.45) is 0. The molecule has 0 bridgehead atoms. The lowest BCUT2D eigenvalue weighted by Gasteiger charge is -2.27. The summed E-state index contributed by atoms with van der Waals surface area (Å²) in [4.78, 5) is 37.6. The number of anilines is 1. The Morgan fingerprint density at radius 2 is 1.65 bits per heavy atom. The van der Waals surface area contributed by atoms with Crippen LogP contribution >= 0.6 is 0 Å². The van der Waals surface area contributed by atoms with Crippen molar-refractivity contribution in [2.24, 2.45) is 0 Å². The fraction of sp³-hybridized carbons (Fsp3) is 0.0526. The molecule has 2 amide bonds. The van der Waals surface area contributed by atoms with E-state index in [1.807, 2.05) is 0 Å². The highest BCUT2D eigenvalue weighted by molar-refractivity contribution is 6.36. The van der Waals surface area contributed by atoms with Crippen LogP contribution in [0.3, 0.4) is 0 Å². The highest BCUT2D eigenvalue weighted by Gasteiger charge is 2.35. The van der Waals surface area contributed by atoms with Crippen molar-refractivity contribution in [2.45, 2.75) is 0 Å². The molecule has 0 aliphatic carbocycles. The van der Waals surface area contributed by atoms with E-state index in [1.165, 1.54) is 19.2 Å². The number of nitro benzene ring substituents is 1. The molecule has 128 valence electrons. The van der Waals surface area contributed by atoms with Crippen LogP contribution in [0.2, 0.25) is 0 Å². The Labute approximate surface area is 147 Å². The Morgan fingerprint density at radius 3 is 2.31 bits per heavy atom. The lowest BCUT2D eigenvalue weighted by Crippen LogP contribution is -2.40. The van der Waals surface area contributed by atoms with Crippen LogP contribution in [0, 0.1) is 10.1 Å². The Bertz CT molecular complexity index is 1090. The highest BCUT2D eigenvalue weighted by Crippen LogP contribution is 2.35. The van der Waals surface area contributed by atoms with Gasteiger partial charge in [-0.1, -0.05) is 12.1 Å². The molecule has 1 aliphatic rings. The quantitative estimate of drug-likeness (QED) is 0.410. The number of benzene rings is 3. The zero-order chi connectivity index (χ0) is 18.4.